The van der Waals surface area contributed by atoms with Gasteiger partial charge in [0.2, 0.25) is 5.91 Å². The molecule has 6 heteroatoms. The molecule has 0 aromatic heterocycles. The molecule has 2 unspecified atom stereocenters. The average Bonchev–Trinajstić information content (AvgIpc) is 2.65. The fourth-order valence-corrected chi connectivity index (χ4v) is 4.10. The second-order valence-electron chi connectivity index (χ2n) is 7.56. The lowest BCUT2D eigenvalue weighted by Crippen LogP contribution is -2.43. The van der Waals surface area contributed by atoms with Gasteiger partial charge < -0.3 is 25.4 Å². The maximum atomic E-state index is 12.3. The van der Waals surface area contributed by atoms with Gasteiger partial charge in [0.25, 0.3) is 0 Å². The fourth-order valence-electron chi connectivity index (χ4n) is 4.10. The molecule has 0 bridgehead atoms. The van der Waals surface area contributed by atoms with Crippen molar-refractivity contribution >= 4 is 17.3 Å². The van der Waals surface area contributed by atoms with Crippen molar-refractivity contribution in [2.45, 2.75) is 58.4 Å². The molecule has 3 N–H and O–H groups in total. The van der Waals surface area contributed by atoms with Gasteiger partial charge in [-0.25, -0.2) is 0 Å². The number of nitrogens with zero attached hydrogens (tertiary/aromatic N) is 1. The Morgan fingerprint density at radius 3 is 2.50 bits per heavy atom. The highest BCUT2D eigenvalue weighted by Gasteiger charge is 2.35. The van der Waals surface area contributed by atoms with Crippen LogP contribution in [0.3, 0.4) is 0 Å². The zero-order chi connectivity index (χ0) is 19.8. The fraction of sp³-hybridized carbons (Fsp3) is 0.409. The smallest absolute Gasteiger partial charge is 0.224 e. The number of anilines is 2. The monoisotopic (exact) mass is 381 g/mol. The van der Waals surface area contributed by atoms with E-state index >= 15 is 0 Å². The Kier molecular flexibility index (Phi) is 5.10. The van der Waals surface area contributed by atoms with Crippen molar-refractivity contribution in [2.75, 3.05) is 10.2 Å². The zero-order valence-electron chi connectivity index (χ0n) is 16.5. The molecule has 2 aromatic rings. The van der Waals surface area contributed by atoms with Crippen molar-refractivity contribution in [1.82, 2.24) is 0 Å². The summed E-state index contributed by atoms with van der Waals surface area (Å²) >= 11 is 0. The van der Waals surface area contributed by atoms with Gasteiger partial charge in [-0.05, 0) is 55.7 Å². The number of benzene rings is 2. The van der Waals surface area contributed by atoms with E-state index in [9.17, 15) is 4.79 Å². The van der Waals surface area contributed by atoms with E-state index < -0.39 is 0 Å². The first kappa shape index (κ1) is 18.9. The molecule has 148 valence electrons. The highest BCUT2D eigenvalue weighted by Crippen LogP contribution is 2.42. The molecule has 1 amide bonds. The minimum atomic E-state index is -0.338. The van der Waals surface area contributed by atoms with Crippen molar-refractivity contribution in [3.05, 3.63) is 59.2 Å². The number of carbonyl (C=O) groups excluding carboxylic acids is 1. The van der Waals surface area contributed by atoms with E-state index in [-0.39, 0.29) is 30.6 Å². The number of nitrogens with two attached hydrogens (primary N) is 1. The van der Waals surface area contributed by atoms with Crippen LogP contribution in [-0.2, 0) is 20.8 Å². The third-order valence-electron chi connectivity index (χ3n) is 5.48. The van der Waals surface area contributed by atoms with E-state index in [1.54, 1.807) is 6.92 Å². The third-order valence-corrected chi connectivity index (χ3v) is 5.48. The number of carbonyl (C=O) groups is 1. The predicted molar refractivity (Wildman–Crippen MR) is 109 cm³/mol. The molecule has 2 aliphatic heterocycles. The van der Waals surface area contributed by atoms with Crippen molar-refractivity contribution in [2.24, 2.45) is 5.73 Å². The van der Waals surface area contributed by atoms with E-state index in [0.29, 0.717) is 6.54 Å². The molecule has 2 heterocycles. The van der Waals surface area contributed by atoms with Crippen LogP contribution < -0.4 is 16.0 Å². The van der Waals surface area contributed by atoms with Crippen LogP contribution in [0.5, 0.6) is 0 Å². The molecule has 2 aliphatic rings. The van der Waals surface area contributed by atoms with Gasteiger partial charge in [-0.3, -0.25) is 4.79 Å². The number of amides is 1. The lowest BCUT2D eigenvalue weighted by Gasteiger charge is -2.41. The second-order valence-corrected chi connectivity index (χ2v) is 7.56. The number of ether oxygens (including phenoxy) is 2. The Morgan fingerprint density at radius 1 is 1.18 bits per heavy atom. The molecule has 6 nitrogen and oxygen atoms in total. The summed E-state index contributed by atoms with van der Waals surface area (Å²) in [7, 11) is 0. The van der Waals surface area contributed by atoms with Gasteiger partial charge >= 0.3 is 0 Å². The number of fused-ring (bicyclic) bond motifs is 1. The number of hydrogen-bond acceptors (Lipinski definition) is 5. The standard InChI is InChI=1S/C22H27N3O3/c1-13-10-20(24-18-7-4-16(12-23)5-8-18)19-11-17(22-27-15(3)28-22)6-9-21(19)25(13)14(2)26/h4-9,11,13,15,20,22,24H,10,12,23H2,1-3H3. The normalized spacial score (nSPS) is 26.4. The van der Waals surface area contributed by atoms with Crippen molar-refractivity contribution in [3.8, 4) is 0 Å². The molecule has 4 rings (SSSR count). The first-order valence-electron chi connectivity index (χ1n) is 9.76. The Labute approximate surface area is 165 Å². The van der Waals surface area contributed by atoms with Crippen molar-refractivity contribution < 1.29 is 14.3 Å². The SMILES string of the molecule is CC(=O)N1c2ccc(C3OC(C)O3)cc2C(Nc2ccc(CN)cc2)CC1C. The number of hydrogen-bond donors (Lipinski definition) is 2. The Bertz CT molecular complexity index is 862. The van der Waals surface area contributed by atoms with Gasteiger partial charge in [0, 0.05) is 36.4 Å². The summed E-state index contributed by atoms with van der Waals surface area (Å²) in [6.07, 6.45) is 0.303. The largest absolute Gasteiger partial charge is 0.378 e. The van der Waals surface area contributed by atoms with Gasteiger partial charge in [-0.1, -0.05) is 18.2 Å². The zero-order valence-corrected chi connectivity index (χ0v) is 16.5. The predicted octanol–water partition coefficient (Wildman–Crippen LogP) is 3.84. The Morgan fingerprint density at radius 2 is 1.89 bits per heavy atom. The van der Waals surface area contributed by atoms with Crippen LogP contribution in [0, 0.1) is 0 Å². The van der Waals surface area contributed by atoms with E-state index in [1.165, 1.54) is 0 Å². The first-order valence-corrected chi connectivity index (χ1v) is 9.76. The van der Waals surface area contributed by atoms with Crippen LogP contribution in [0.1, 0.15) is 56.2 Å². The van der Waals surface area contributed by atoms with Crippen LogP contribution >= 0.6 is 0 Å². The molecule has 1 saturated heterocycles. The lowest BCUT2D eigenvalue weighted by atomic mass is 9.89. The van der Waals surface area contributed by atoms with E-state index in [4.69, 9.17) is 15.2 Å². The highest BCUT2D eigenvalue weighted by atomic mass is 16.9. The van der Waals surface area contributed by atoms with Crippen molar-refractivity contribution in [3.63, 3.8) is 0 Å². The minimum Gasteiger partial charge on any atom is -0.378 e. The van der Waals surface area contributed by atoms with E-state index in [0.717, 1.165) is 34.5 Å². The summed E-state index contributed by atoms with van der Waals surface area (Å²) in [6, 6.07) is 14.4. The molecule has 0 radical (unpaired) electrons. The average molecular weight is 381 g/mol. The second kappa shape index (κ2) is 7.54. The summed E-state index contributed by atoms with van der Waals surface area (Å²) in [5.74, 6) is 0.0528. The summed E-state index contributed by atoms with van der Waals surface area (Å²) in [4.78, 5) is 14.2. The topological polar surface area (TPSA) is 76.8 Å². The summed E-state index contributed by atoms with van der Waals surface area (Å²) in [6.45, 7) is 6.11. The molecule has 1 fully saturated rings. The van der Waals surface area contributed by atoms with Crippen LogP contribution in [-0.4, -0.2) is 18.2 Å². The summed E-state index contributed by atoms with van der Waals surface area (Å²) in [5.41, 5.74) is 10.8. The molecule has 0 aliphatic carbocycles. The van der Waals surface area contributed by atoms with Crippen LogP contribution in [0.4, 0.5) is 11.4 Å². The van der Waals surface area contributed by atoms with Gasteiger partial charge in [0.15, 0.2) is 12.6 Å². The maximum absolute atomic E-state index is 12.3. The van der Waals surface area contributed by atoms with Crippen LogP contribution in [0.25, 0.3) is 0 Å². The van der Waals surface area contributed by atoms with E-state index in [2.05, 4.69) is 18.3 Å². The quantitative estimate of drug-likeness (QED) is 0.842. The maximum Gasteiger partial charge on any atom is 0.224 e. The Hall–Kier alpha value is -2.41. The molecular weight excluding hydrogens is 354 g/mol. The lowest BCUT2D eigenvalue weighted by molar-refractivity contribution is -0.382. The number of nitrogens with one attached hydrogen (secondary N) is 1. The summed E-state index contributed by atoms with van der Waals surface area (Å²) < 4.78 is 11.3. The minimum absolute atomic E-state index is 0.0528. The molecule has 28 heavy (non-hydrogen) atoms. The molecule has 0 spiro atoms. The highest BCUT2D eigenvalue weighted by molar-refractivity contribution is 5.93. The van der Waals surface area contributed by atoms with E-state index in [1.807, 2.05) is 48.2 Å². The molecule has 2 aromatic carbocycles. The van der Waals surface area contributed by atoms with Gasteiger partial charge in [0.05, 0.1) is 6.04 Å². The van der Waals surface area contributed by atoms with Crippen LogP contribution in [0.2, 0.25) is 0 Å². The van der Waals surface area contributed by atoms with Gasteiger partial charge in [0.1, 0.15) is 0 Å². The summed E-state index contributed by atoms with van der Waals surface area (Å²) in [5, 5.41) is 3.63. The number of rotatable bonds is 4. The molecular formula is C22H27N3O3. The first-order chi connectivity index (χ1) is 13.5. The molecule has 2 atom stereocenters. The van der Waals surface area contributed by atoms with Gasteiger partial charge in [-0.15, -0.1) is 0 Å². The van der Waals surface area contributed by atoms with Crippen molar-refractivity contribution in [1.29, 1.82) is 0 Å². The van der Waals surface area contributed by atoms with Gasteiger partial charge in [-0.2, -0.15) is 0 Å². The van der Waals surface area contributed by atoms with Crippen LogP contribution in [0.15, 0.2) is 42.5 Å². The molecule has 0 saturated carbocycles. The Balaban J connectivity index is 1.67. The third kappa shape index (κ3) is 3.51.